The molecule has 0 spiro atoms. The first-order valence-corrected chi connectivity index (χ1v) is 8.86. The molecule has 1 amide bonds. The van der Waals surface area contributed by atoms with Gasteiger partial charge in [-0.2, -0.15) is 0 Å². The van der Waals surface area contributed by atoms with Crippen molar-refractivity contribution in [2.24, 2.45) is 5.92 Å². The number of ether oxygens (including phenoxy) is 1. The molecule has 2 atom stereocenters. The van der Waals surface area contributed by atoms with Gasteiger partial charge in [-0.15, -0.1) is 0 Å². The Labute approximate surface area is 158 Å². The van der Waals surface area contributed by atoms with E-state index in [1.165, 1.54) is 6.07 Å². The van der Waals surface area contributed by atoms with Crippen LogP contribution >= 0.6 is 11.6 Å². The normalized spacial score (nSPS) is 18.3. The Bertz CT molecular complexity index is 795. The zero-order valence-corrected chi connectivity index (χ0v) is 16.1. The molecule has 1 aromatic rings. The van der Waals surface area contributed by atoms with Crippen LogP contribution in [-0.2, 0) is 9.53 Å². The number of amides is 1. The first-order valence-electron chi connectivity index (χ1n) is 8.48. The van der Waals surface area contributed by atoms with E-state index in [2.05, 4.69) is 21.8 Å². The Hall–Kier alpha value is -2.39. The monoisotopic (exact) mass is 375 g/mol. The quantitative estimate of drug-likeness (QED) is 0.459. The van der Waals surface area contributed by atoms with Crippen LogP contribution in [0, 0.1) is 17.8 Å². The molecule has 138 valence electrons. The molecule has 1 aliphatic rings. The summed E-state index contributed by atoms with van der Waals surface area (Å²) in [4.78, 5) is 33.9. The van der Waals surface area contributed by atoms with E-state index in [0.29, 0.717) is 5.82 Å². The van der Waals surface area contributed by atoms with Crippen molar-refractivity contribution < 1.29 is 14.3 Å². The molecule has 26 heavy (non-hydrogen) atoms. The summed E-state index contributed by atoms with van der Waals surface area (Å²) in [5, 5.41) is 0.182. The van der Waals surface area contributed by atoms with E-state index in [0.717, 1.165) is 18.5 Å². The van der Waals surface area contributed by atoms with Gasteiger partial charge in [0.05, 0.1) is 6.61 Å². The number of halogens is 1. The van der Waals surface area contributed by atoms with Crippen LogP contribution < -0.4 is 0 Å². The molecular weight excluding hydrogens is 354 g/mol. The predicted octanol–water partition coefficient (Wildman–Crippen LogP) is 2.84. The first-order chi connectivity index (χ1) is 12.3. The molecule has 0 bridgehead atoms. The lowest BCUT2D eigenvalue weighted by molar-refractivity contribution is -0.128. The number of allylic oxidation sites excluding steroid dienone is 2. The Kier molecular flexibility index (Phi) is 6.76. The lowest BCUT2D eigenvalue weighted by Gasteiger charge is -2.08. The fourth-order valence-electron chi connectivity index (χ4n) is 2.60. The molecule has 6 nitrogen and oxygen atoms in total. The second-order valence-corrected chi connectivity index (χ2v) is 6.55. The van der Waals surface area contributed by atoms with E-state index in [1.807, 2.05) is 19.9 Å². The van der Waals surface area contributed by atoms with Crippen molar-refractivity contribution in [2.45, 2.75) is 33.1 Å². The minimum atomic E-state index is -0.533. The van der Waals surface area contributed by atoms with Crippen LogP contribution in [0.3, 0.4) is 0 Å². The van der Waals surface area contributed by atoms with Crippen LogP contribution in [0.15, 0.2) is 17.7 Å². The summed E-state index contributed by atoms with van der Waals surface area (Å²) < 4.78 is 4.95. The highest BCUT2D eigenvalue weighted by atomic mass is 35.5. The average Bonchev–Trinajstić information content (AvgIpc) is 2.91. The van der Waals surface area contributed by atoms with Gasteiger partial charge in [0, 0.05) is 25.6 Å². The highest BCUT2D eigenvalue weighted by Crippen LogP contribution is 2.19. The van der Waals surface area contributed by atoms with Crippen LogP contribution in [0.2, 0.25) is 5.15 Å². The van der Waals surface area contributed by atoms with E-state index in [4.69, 9.17) is 16.3 Å². The Morgan fingerprint density at radius 2 is 2.27 bits per heavy atom. The zero-order valence-electron chi connectivity index (χ0n) is 15.4. The number of carbonyl (C=O) groups is 2. The molecule has 0 aromatic carbocycles. The zero-order chi connectivity index (χ0) is 19.3. The topological polar surface area (TPSA) is 72.4 Å². The summed E-state index contributed by atoms with van der Waals surface area (Å²) in [6.07, 6.45) is 2.64. The van der Waals surface area contributed by atoms with Gasteiger partial charge in [0.15, 0.2) is 5.69 Å². The van der Waals surface area contributed by atoms with E-state index in [9.17, 15) is 9.59 Å². The Morgan fingerprint density at radius 1 is 1.54 bits per heavy atom. The summed E-state index contributed by atoms with van der Waals surface area (Å²) in [6.45, 7) is 6.48. The highest BCUT2D eigenvalue weighted by Gasteiger charge is 2.27. The number of hydrogen-bond acceptors (Lipinski definition) is 5. The van der Waals surface area contributed by atoms with Crippen molar-refractivity contribution >= 4 is 23.5 Å². The van der Waals surface area contributed by atoms with Crippen molar-refractivity contribution in [3.8, 4) is 11.8 Å². The molecule has 0 saturated carbocycles. The first kappa shape index (κ1) is 19.9. The third kappa shape index (κ3) is 5.06. The molecule has 1 fully saturated rings. The van der Waals surface area contributed by atoms with Gasteiger partial charge >= 0.3 is 5.97 Å². The summed E-state index contributed by atoms with van der Waals surface area (Å²) >= 11 is 6.00. The molecule has 2 rings (SSSR count). The highest BCUT2D eigenvalue weighted by molar-refractivity contribution is 6.29. The maximum absolute atomic E-state index is 11.9. The number of nitrogens with zero attached hydrogens (tertiary/aromatic N) is 3. The molecule has 2 unspecified atom stereocenters. The van der Waals surface area contributed by atoms with Gasteiger partial charge < -0.3 is 9.64 Å². The van der Waals surface area contributed by atoms with Crippen molar-refractivity contribution in [1.29, 1.82) is 0 Å². The van der Waals surface area contributed by atoms with Crippen LogP contribution in [0.1, 0.15) is 49.4 Å². The lowest BCUT2D eigenvalue weighted by Crippen LogP contribution is -2.21. The molecule has 7 heteroatoms. The minimum absolute atomic E-state index is 0.0654. The number of aromatic nitrogens is 2. The fourth-order valence-corrected chi connectivity index (χ4v) is 2.79. The van der Waals surface area contributed by atoms with E-state index < -0.39 is 5.97 Å². The fraction of sp³-hybridized carbons (Fsp3) is 0.474. The van der Waals surface area contributed by atoms with Gasteiger partial charge in [-0.05, 0) is 25.8 Å². The largest absolute Gasteiger partial charge is 0.461 e. The summed E-state index contributed by atoms with van der Waals surface area (Å²) in [5.41, 5.74) is 0.937. The van der Waals surface area contributed by atoms with Crippen LogP contribution in [0.5, 0.6) is 0 Å². The average molecular weight is 376 g/mol. The van der Waals surface area contributed by atoms with Crippen LogP contribution in [-0.4, -0.2) is 46.9 Å². The van der Waals surface area contributed by atoms with Gasteiger partial charge in [-0.1, -0.05) is 36.4 Å². The SMILES string of the molecule is CCOC(=O)c1cc(Cl)nc(C(C)/C=C(\C)C#CC2CCN(C)C2=O)n1. The third-order valence-corrected chi connectivity index (χ3v) is 4.17. The summed E-state index contributed by atoms with van der Waals surface area (Å²) in [5.74, 6) is 5.57. The van der Waals surface area contributed by atoms with Crippen molar-refractivity contribution in [1.82, 2.24) is 14.9 Å². The van der Waals surface area contributed by atoms with Gasteiger partial charge in [-0.25, -0.2) is 14.8 Å². The van der Waals surface area contributed by atoms with E-state index >= 15 is 0 Å². The van der Waals surface area contributed by atoms with Gasteiger partial charge in [0.1, 0.15) is 16.9 Å². The molecular formula is C19H22ClN3O3. The summed E-state index contributed by atoms with van der Waals surface area (Å²) in [7, 11) is 1.78. The van der Waals surface area contributed by atoms with Gasteiger partial charge in [0.25, 0.3) is 0 Å². The smallest absolute Gasteiger partial charge is 0.357 e. The summed E-state index contributed by atoms with van der Waals surface area (Å²) in [6, 6.07) is 1.38. The molecule has 0 N–H and O–H groups in total. The number of carbonyl (C=O) groups excluding carboxylic acids is 2. The van der Waals surface area contributed by atoms with Crippen LogP contribution in [0.4, 0.5) is 0 Å². The molecule has 1 aromatic heterocycles. The number of rotatable bonds is 4. The van der Waals surface area contributed by atoms with Gasteiger partial charge in [0.2, 0.25) is 5.91 Å². The lowest BCUT2D eigenvalue weighted by atomic mass is 10.1. The van der Waals surface area contributed by atoms with Gasteiger partial charge in [-0.3, -0.25) is 4.79 Å². The minimum Gasteiger partial charge on any atom is -0.461 e. The second-order valence-electron chi connectivity index (χ2n) is 6.16. The Balaban J connectivity index is 2.16. The number of hydrogen-bond donors (Lipinski definition) is 0. The molecule has 0 aliphatic carbocycles. The third-order valence-electron chi connectivity index (χ3n) is 3.98. The van der Waals surface area contributed by atoms with E-state index in [-0.39, 0.29) is 35.2 Å². The maximum Gasteiger partial charge on any atom is 0.357 e. The number of esters is 1. The maximum atomic E-state index is 11.9. The standard InChI is InChI=1S/C19H22ClN3O3/c1-5-26-19(25)15-11-16(20)22-17(21-15)13(3)10-12(2)6-7-14-8-9-23(4)18(14)24/h10-11,13-14H,5,8-9H2,1-4H3/b12-10+. The van der Waals surface area contributed by atoms with Crippen molar-refractivity contribution in [3.63, 3.8) is 0 Å². The van der Waals surface area contributed by atoms with Crippen LogP contribution in [0.25, 0.3) is 0 Å². The van der Waals surface area contributed by atoms with E-state index in [1.54, 1.807) is 18.9 Å². The molecule has 0 radical (unpaired) electrons. The predicted molar refractivity (Wildman–Crippen MR) is 98.7 cm³/mol. The molecule has 1 saturated heterocycles. The Morgan fingerprint density at radius 3 is 2.88 bits per heavy atom. The second kappa shape index (κ2) is 8.81. The number of likely N-dealkylation sites (tertiary alicyclic amines) is 1. The van der Waals surface area contributed by atoms with Crippen molar-refractivity contribution in [2.75, 3.05) is 20.2 Å². The molecule has 2 heterocycles. The molecule has 1 aliphatic heterocycles. The van der Waals surface area contributed by atoms with Crippen molar-refractivity contribution in [3.05, 3.63) is 34.4 Å².